The second-order valence-electron chi connectivity index (χ2n) is 7.86. The maximum Gasteiger partial charge on any atom is 0.258 e. The Bertz CT molecular complexity index is 826. The average Bonchev–Trinajstić information content (AvgIpc) is 2.66. The number of rotatable bonds is 12. The number of unbranched alkanes of at least 4 members (excludes halogenated alkanes) is 6. The summed E-state index contributed by atoms with van der Waals surface area (Å²) >= 11 is 0. The minimum Gasteiger partial charge on any atom is -0.369 e. The van der Waals surface area contributed by atoms with Crippen LogP contribution >= 0.6 is 17.0 Å². The third-order valence-electron chi connectivity index (χ3n) is 5.31. The lowest BCUT2D eigenvalue weighted by Gasteiger charge is -2.26. The molecule has 2 aromatic rings. The molecule has 0 spiro atoms. The fourth-order valence-electron chi connectivity index (χ4n) is 3.76. The van der Waals surface area contributed by atoms with Crippen LogP contribution in [0.3, 0.4) is 0 Å². The molecule has 0 atom stereocenters. The van der Waals surface area contributed by atoms with Crippen LogP contribution in [-0.4, -0.2) is 22.6 Å². The normalized spacial score (nSPS) is 10.7. The van der Waals surface area contributed by atoms with Gasteiger partial charge in [-0.3, -0.25) is 9.36 Å². The molecule has 0 saturated carbocycles. The van der Waals surface area contributed by atoms with Gasteiger partial charge in [0.1, 0.15) is 11.6 Å². The van der Waals surface area contributed by atoms with Gasteiger partial charge >= 0.3 is 0 Å². The number of anilines is 1. The summed E-state index contributed by atoms with van der Waals surface area (Å²) in [5.41, 5.74) is 1.65. The van der Waals surface area contributed by atoms with Crippen molar-refractivity contribution in [3.05, 3.63) is 52.0 Å². The minimum absolute atomic E-state index is 0. The van der Waals surface area contributed by atoms with E-state index in [4.69, 9.17) is 0 Å². The summed E-state index contributed by atoms with van der Waals surface area (Å²) in [5, 5.41) is 0. The predicted octanol–water partition coefficient (Wildman–Crippen LogP) is 6.53. The van der Waals surface area contributed by atoms with Gasteiger partial charge in [0.2, 0.25) is 0 Å². The number of hydrogen-bond acceptors (Lipinski definition) is 3. The molecule has 0 aliphatic heterocycles. The van der Waals surface area contributed by atoms with Gasteiger partial charge in [0.25, 0.3) is 5.56 Å². The molecule has 0 saturated heterocycles. The Morgan fingerprint density at radius 2 is 1.53 bits per heavy atom. The van der Waals surface area contributed by atoms with Crippen molar-refractivity contribution in [3.63, 3.8) is 0 Å². The Morgan fingerprint density at radius 1 is 0.933 bits per heavy atom. The molecule has 1 heterocycles. The van der Waals surface area contributed by atoms with Crippen molar-refractivity contribution in [3.8, 4) is 5.69 Å². The van der Waals surface area contributed by atoms with E-state index < -0.39 is 0 Å². The number of aryl methyl sites for hydroxylation is 2. The first-order valence-electron chi connectivity index (χ1n) is 11.1. The zero-order valence-electron chi connectivity index (χ0n) is 18.9. The van der Waals surface area contributed by atoms with Gasteiger partial charge in [-0.15, -0.1) is 17.0 Å². The van der Waals surface area contributed by atoms with Gasteiger partial charge in [0.05, 0.1) is 11.4 Å². The number of aromatic nitrogens is 2. The van der Waals surface area contributed by atoms with E-state index >= 15 is 4.39 Å². The first kappa shape index (κ1) is 26.3. The third kappa shape index (κ3) is 7.53. The summed E-state index contributed by atoms with van der Waals surface area (Å²) in [6, 6.07) is 6.59. The van der Waals surface area contributed by atoms with Gasteiger partial charge < -0.3 is 4.90 Å². The van der Waals surface area contributed by atoms with E-state index in [1.54, 1.807) is 13.8 Å². The molecule has 0 fully saturated rings. The standard InChI is InChI=1S/C24H36FN3O.BrH/c1-5-7-9-11-15-27(16-12-10-8-6-2)23-14-13-21(18-22(23)25)28-20(4)26-19(3)17-24(28)29;/h13-14,17-18H,5-12,15-16H2,1-4H3;1H. The SMILES string of the molecule is Br.CCCCCCN(CCCCCC)c1ccc(-n2c(C)nc(C)cc2=O)cc1F. The lowest BCUT2D eigenvalue weighted by molar-refractivity contribution is 0.583. The number of nitrogens with zero attached hydrogens (tertiary/aromatic N) is 3. The molecule has 4 nitrogen and oxygen atoms in total. The Kier molecular flexibility index (Phi) is 11.9. The van der Waals surface area contributed by atoms with E-state index in [1.807, 2.05) is 12.1 Å². The molecule has 0 radical (unpaired) electrons. The summed E-state index contributed by atoms with van der Waals surface area (Å²) in [6.07, 6.45) is 9.31. The Morgan fingerprint density at radius 3 is 2.03 bits per heavy atom. The second-order valence-corrected chi connectivity index (χ2v) is 7.86. The number of benzene rings is 1. The highest BCUT2D eigenvalue weighted by Crippen LogP contribution is 2.24. The first-order valence-corrected chi connectivity index (χ1v) is 11.1. The average molecular weight is 482 g/mol. The highest BCUT2D eigenvalue weighted by Gasteiger charge is 2.14. The van der Waals surface area contributed by atoms with Gasteiger partial charge in [-0.2, -0.15) is 0 Å². The van der Waals surface area contributed by atoms with Crippen molar-refractivity contribution in [2.45, 2.75) is 79.1 Å². The summed E-state index contributed by atoms with van der Waals surface area (Å²) < 4.78 is 16.6. The fraction of sp³-hybridized carbons (Fsp3) is 0.583. The lowest BCUT2D eigenvalue weighted by Crippen LogP contribution is -2.27. The second kappa shape index (κ2) is 13.6. The van der Waals surface area contributed by atoms with Crippen molar-refractivity contribution in [1.29, 1.82) is 0 Å². The number of halogens is 2. The van der Waals surface area contributed by atoms with Gasteiger partial charge in [-0.25, -0.2) is 9.37 Å². The molecule has 1 aromatic carbocycles. The smallest absolute Gasteiger partial charge is 0.258 e. The largest absolute Gasteiger partial charge is 0.369 e. The van der Waals surface area contributed by atoms with E-state index in [2.05, 4.69) is 23.7 Å². The van der Waals surface area contributed by atoms with Crippen LogP contribution in [0.5, 0.6) is 0 Å². The molecule has 0 unspecified atom stereocenters. The lowest BCUT2D eigenvalue weighted by atomic mass is 10.1. The monoisotopic (exact) mass is 481 g/mol. The molecular weight excluding hydrogens is 445 g/mol. The molecule has 1 aromatic heterocycles. The highest BCUT2D eigenvalue weighted by molar-refractivity contribution is 8.93. The molecule has 168 valence electrons. The molecule has 0 N–H and O–H groups in total. The van der Waals surface area contributed by atoms with Crippen LogP contribution < -0.4 is 10.5 Å². The minimum atomic E-state index is -0.277. The molecule has 0 bridgehead atoms. The Labute approximate surface area is 191 Å². The van der Waals surface area contributed by atoms with E-state index in [0.29, 0.717) is 22.9 Å². The molecule has 30 heavy (non-hydrogen) atoms. The predicted molar refractivity (Wildman–Crippen MR) is 130 cm³/mol. The van der Waals surface area contributed by atoms with Gasteiger partial charge in [-0.05, 0) is 38.8 Å². The highest BCUT2D eigenvalue weighted by atomic mass is 79.9. The zero-order chi connectivity index (χ0) is 21.2. The van der Waals surface area contributed by atoms with Crippen LogP contribution in [0.1, 0.15) is 76.7 Å². The van der Waals surface area contributed by atoms with Crippen molar-refractivity contribution in [1.82, 2.24) is 9.55 Å². The summed E-state index contributed by atoms with van der Waals surface area (Å²) in [6.45, 7) is 9.70. The summed E-state index contributed by atoms with van der Waals surface area (Å²) in [5.74, 6) is 0.290. The molecule has 0 amide bonds. The third-order valence-corrected chi connectivity index (χ3v) is 5.31. The maximum atomic E-state index is 15.1. The van der Waals surface area contributed by atoms with Gasteiger partial charge in [0.15, 0.2) is 0 Å². The topological polar surface area (TPSA) is 38.1 Å². The summed E-state index contributed by atoms with van der Waals surface area (Å²) in [4.78, 5) is 18.9. The first-order chi connectivity index (χ1) is 14.0. The number of hydrogen-bond donors (Lipinski definition) is 0. The maximum absolute atomic E-state index is 15.1. The van der Waals surface area contributed by atoms with E-state index in [1.165, 1.54) is 55.2 Å². The van der Waals surface area contributed by atoms with E-state index in [-0.39, 0.29) is 28.4 Å². The van der Waals surface area contributed by atoms with Crippen LogP contribution in [0.2, 0.25) is 0 Å². The van der Waals surface area contributed by atoms with Crippen LogP contribution in [0, 0.1) is 19.7 Å². The molecule has 0 aliphatic rings. The quantitative estimate of drug-likeness (QED) is 0.323. The van der Waals surface area contributed by atoms with E-state index in [9.17, 15) is 4.79 Å². The van der Waals surface area contributed by atoms with Crippen LogP contribution in [-0.2, 0) is 0 Å². The van der Waals surface area contributed by atoms with Crippen molar-refractivity contribution < 1.29 is 4.39 Å². The molecule has 2 rings (SSSR count). The van der Waals surface area contributed by atoms with Crippen LogP contribution in [0.25, 0.3) is 5.69 Å². The van der Waals surface area contributed by atoms with E-state index in [0.717, 1.165) is 25.9 Å². The Hall–Kier alpha value is -1.69. The van der Waals surface area contributed by atoms with Gasteiger partial charge in [0, 0.05) is 30.9 Å². The van der Waals surface area contributed by atoms with Gasteiger partial charge in [-0.1, -0.05) is 52.4 Å². The Balaban J connectivity index is 0.00000450. The zero-order valence-corrected chi connectivity index (χ0v) is 20.6. The van der Waals surface area contributed by atoms with Crippen molar-refractivity contribution >= 4 is 22.7 Å². The van der Waals surface area contributed by atoms with Crippen LogP contribution in [0.15, 0.2) is 29.1 Å². The summed E-state index contributed by atoms with van der Waals surface area (Å²) in [7, 11) is 0. The fourth-order valence-corrected chi connectivity index (χ4v) is 3.76. The van der Waals surface area contributed by atoms with Crippen LogP contribution in [0.4, 0.5) is 10.1 Å². The molecule has 0 aliphatic carbocycles. The molecule has 6 heteroatoms. The molecular formula is C24H37BrFN3O. The van der Waals surface area contributed by atoms with Crippen molar-refractivity contribution in [2.24, 2.45) is 0 Å². The van der Waals surface area contributed by atoms with Crippen molar-refractivity contribution in [2.75, 3.05) is 18.0 Å².